The molecular formula is C24H24N2O2. The van der Waals surface area contributed by atoms with Gasteiger partial charge in [-0.25, -0.2) is 0 Å². The average molecular weight is 372 g/mol. The highest BCUT2D eigenvalue weighted by atomic mass is 16.4. The van der Waals surface area contributed by atoms with Gasteiger partial charge >= 0.3 is 5.97 Å². The SMILES string of the molecule is O=C(O)C1CCN(C(c2ccc(-c3ccccc3)cc2)c2cccnc2)CC1. The van der Waals surface area contributed by atoms with Gasteiger partial charge in [0.15, 0.2) is 0 Å². The highest BCUT2D eigenvalue weighted by Crippen LogP contribution is 2.33. The Balaban J connectivity index is 1.62. The molecule has 0 radical (unpaired) electrons. The molecule has 4 heteroatoms. The molecule has 1 aliphatic rings. The van der Waals surface area contributed by atoms with E-state index in [1.54, 1.807) is 6.20 Å². The molecule has 2 aromatic carbocycles. The van der Waals surface area contributed by atoms with E-state index >= 15 is 0 Å². The number of carboxylic acid groups (broad SMARTS) is 1. The maximum absolute atomic E-state index is 11.3. The molecule has 0 bridgehead atoms. The zero-order valence-electron chi connectivity index (χ0n) is 15.7. The van der Waals surface area contributed by atoms with E-state index < -0.39 is 5.97 Å². The summed E-state index contributed by atoms with van der Waals surface area (Å²) in [7, 11) is 0. The van der Waals surface area contributed by atoms with E-state index in [4.69, 9.17) is 0 Å². The van der Waals surface area contributed by atoms with E-state index in [1.807, 2.05) is 30.5 Å². The number of aromatic nitrogens is 1. The molecule has 4 rings (SSSR count). The van der Waals surface area contributed by atoms with Crippen LogP contribution in [0.5, 0.6) is 0 Å². The van der Waals surface area contributed by atoms with E-state index in [0.29, 0.717) is 12.8 Å². The van der Waals surface area contributed by atoms with Crippen molar-refractivity contribution in [1.29, 1.82) is 0 Å². The molecule has 1 saturated heterocycles. The van der Waals surface area contributed by atoms with Crippen molar-refractivity contribution in [3.05, 3.63) is 90.3 Å². The van der Waals surface area contributed by atoms with Crippen LogP contribution >= 0.6 is 0 Å². The van der Waals surface area contributed by atoms with Crippen LogP contribution in [0, 0.1) is 5.92 Å². The molecule has 1 atom stereocenters. The van der Waals surface area contributed by atoms with E-state index in [2.05, 4.69) is 52.3 Å². The number of hydrogen-bond donors (Lipinski definition) is 1. The molecule has 3 aromatic rings. The summed E-state index contributed by atoms with van der Waals surface area (Å²) in [5.41, 5.74) is 4.75. The van der Waals surface area contributed by atoms with Crippen LogP contribution in [0.3, 0.4) is 0 Å². The van der Waals surface area contributed by atoms with E-state index in [-0.39, 0.29) is 12.0 Å². The summed E-state index contributed by atoms with van der Waals surface area (Å²) in [6.45, 7) is 1.55. The molecule has 2 heterocycles. The predicted octanol–water partition coefficient (Wildman–Crippen LogP) is 4.63. The Morgan fingerprint density at radius 3 is 2.18 bits per heavy atom. The third-order valence-corrected chi connectivity index (χ3v) is 5.58. The lowest BCUT2D eigenvalue weighted by Crippen LogP contribution is -2.39. The lowest BCUT2D eigenvalue weighted by Gasteiger charge is -2.37. The first-order chi connectivity index (χ1) is 13.7. The minimum Gasteiger partial charge on any atom is -0.481 e. The summed E-state index contributed by atoms with van der Waals surface area (Å²) < 4.78 is 0. The van der Waals surface area contributed by atoms with Crippen LogP contribution in [0.2, 0.25) is 0 Å². The maximum atomic E-state index is 11.3. The van der Waals surface area contributed by atoms with Gasteiger partial charge in [0.2, 0.25) is 0 Å². The van der Waals surface area contributed by atoms with Crippen LogP contribution < -0.4 is 0 Å². The summed E-state index contributed by atoms with van der Waals surface area (Å²) in [5.74, 6) is -0.906. The third-order valence-electron chi connectivity index (χ3n) is 5.58. The topological polar surface area (TPSA) is 53.4 Å². The molecule has 28 heavy (non-hydrogen) atoms. The molecule has 0 amide bonds. The number of piperidine rings is 1. The van der Waals surface area contributed by atoms with Crippen molar-refractivity contribution in [3.63, 3.8) is 0 Å². The zero-order valence-corrected chi connectivity index (χ0v) is 15.7. The van der Waals surface area contributed by atoms with Gasteiger partial charge in [-0.05, 0) is 54.3 Å². The van der Waals surface area contributed by atoms with E-state index in [1.165, 1.54) is 16.7 Å². The fourth-order valence-electron chi connectivity index (χ4n) is 4.04. The smallest absolute Gasteiger partial charge is 0.306 e. The Bertz CT molecular complexity index is 902. The zero-order chi connectivity index (χ0) is 19.3. The number of benzene rings is 2. The summed E-state index contributed by atoms with van der Waals surface area (Å²) in [6, 6.07) is 23.2. The lowest BCUT2D eigenvalue weighted by molar-refractivity contribution is -0.143. The number of pyridine rings is 1. The minimum absolute atomic E-state index is 0.0910. The predicted molar refractivity (Wildman–Crippen MR) is 110 cm³/mol. The molecule has 4 nitrogen and oxygen atoms in total. The van der Waals surface area contributed by atoms with Gasteiger partial charge in [-0.3, -0.25) is 14.7 Å². The Labute approximate surface area is 165 Å². The quantitative estimate of drug-likeness (QED) is 0.709. The van der Waals surface area contributed by atoms with Crippen LogP contribution in [-0.4, -0.2) is 34.0 Å². The Hall–Kier alpha value is -2.98. The van der Waals surface area contributed by atoms with Gasteiger partial charge in [-0.15, -0.1) is 0 Å². The number of carbonyl (C=O) groups is 1. The van der Waals surface area contributed by atoms with Crippen molar-refractivity contribution in [2.24, 2.45) is 5.92 Å². The largest absolute Gasteiger partial charge is 0.481 e. The Morgan fingerprint density at radius 1 is 0.893 bits per heavy atom. The summed E-state index contributed by atoms with van der Waals surface area (Å²) in [5, 5.41) is 9.31. The molecule has 0 spiro atoms. The van der Waals surface area contributed by atoms with Crippen molar-refractivity contribution in [1.82, 2.24) is 9.88 Å². The van der Waals surface area contributed by atoms with Gasteiger partial charge in [0.25, 0.3) is 0 Å². The highest BCUT2D eigenvalue weighted by molar-refractivity contribution is 5.70. The van der Waals surface area contributed by atoms with Gasteiger partial charge in [-0.2, -0.15) is 0 Å². The van der Waals surface area contributed by atoms with Crippen molar-refractivity contribution < 1.29 is 9.90 Å². The molecule has 0 saturated carbocycles. The van der Waals surface area contributed by atoms with Gasteiger partial charge in [0.1, 0.15) is 0 Å². The van der Waals surface area contributed by atoms with E-state index in [0.717, 1.165) is 18.7 Å². The minimum atomic E-state index is -0.676. The van der Waals surface area contributed by atoms with Gasteiger partial charge in [-0.1, -0.05) is 60.7 Å². The highest BCUT2D eigenvalue weighted by Gasteiger charge is 2.30. The maximum Gasteiger partial charge on any atom is 0.306 e. The second-order valence-corrected chi connectivity index (χ2v) is 7.33. The first kappa shape index (κ1) is 18.4. The molecule has 142 valence electrons. The summed E-state index contributed by atoms with van der Waals surface area (Å²) in [4.78, 5) is 18.0. The summed E-state index contributed by atoms with van der Waals surface area (Å²) >= 11 is 0. The van der Waals surface area contributed by atoms with E-state index in [9.17, 15) is 9.90 Å². The number of aliphatic carboxylic acids is 1. The van der Waals surface area contributed by atoms with Gasteiger partial charge in [0, 0.05) is 12.4 Å². The molecule has 1 aliphatic heterocycles. The summed E-state index contributed by atoms with van der Waals surface area (Å²) in [6.07, 6.45) is 5.08. The van der Waals surface area contributed by atoms with Gasteiger partial charge in [0.05, 0.1) is 12.0 Å². The number of rotatable bonds is 5. The standard InChI is InChI=1S/C24H24N2O2/c27-24(28)21-12-15-26(16-13-21)23(22-7-4-14-25-17-22)20-10-8-19(9-11-20)18-5-2-1-3-6-18/h1-11,14,17,21,23H,12-13,15-16H2,(H,27,28). The van der Waals surface area contributed by atoms with Crippen molar-refractivity contribution in [2.75, 3.05) is 13.1 Å². The van der Waals surface area contributed by atoms with Gasteiger partial charge < -0.3 is 5.11 Å². The monoisotopic (exact) mass is 372 g/mol. The second-order valence-electron chi connectivity index (χ2n) is 7.33. The molecule has 1 fully saturated rings. The number of likely N-dealkylation sites (tertiary alicyclic amines) is 1. The number of carboxylic acids is 1. The molecular weight excluding hydrogens is 348 g/mol. The van der Waals surface area contributed by atoms with Crippen LogP contribution in [0.25, 0.3) is 11.1 Å². The first-order valence-corrected chi connectivity index (χ1v) is 9.74. The van der Waals surface area contributed by atoms with Crippen LogP contribution in [0.15, 0.2) is 79.1 Å². The Morgan fingerprint density at radius 2 is 1.57 bits per heavy atom. The van der Waals surface area contributed by atoms with Crippen molar-refractivity contribution in [2.45, 2.75) is 18.9 Å². The normalized spacial score (nSPS) is 16.6. The first-order valence-electron chi connectivity index (χ1n) is 9.74. The Kier molecular flexibility index (Phi) is 5.49. The molecule has 1 unspecified atom stereocenters. The van der Waals surface area contributed by atoms with Crippen LogP contribution in [0.4, 0.5) is 0 Å². The molecule has 0 aliphatic carbocycles. The molecule has 1 N–H and O–H groups in total. The fourth-order valence-corrected chi connectivity index (χ4v) is 4.04. The van der Waals surface area contributed by atoms with Crippen LogP contribution in [-0.2, 0) is 4.79 Å². The lowest BCUT2D eigenvalue weighted by atomic mass is 9.91. The fraction of sp³-hybridized carbons (Fsp3) is 0.250. The van der Waals surface area contributed by atoms with Crippen molar-refractivity contribution in [3.8, 4) is 11.1 Å². The molecule has 1 aromatic heterocycles. The number of hydrogen-bond acceptors (Lipinski definition) is 3. The third kappa shape index (κ3) is 3.97. The second kappa shape index (κ2) is 8.36. The number of nitrogens with zero attached hydrogens (tertiary/aromatic N) is 2. The van der Waals surface area contributed by atoms with Crippen LogP contribution in [0.1, 0.15) is 30.0 Å². The average Bonchev–Trinajstić information content (AvgIpc) is 2.76. The van der Waals surface area contributed by atoms with Crippen molar-refractivity contribution >= 4 is 5.97 Å².